The van der Waals surface area contributed by atoms with Crippen molar-refractivity contribution in [1.82, 2.24) is 0 Å². The maximum atomic E-state index is 11.9. The average molecular weight is 368 g/mol. The predicted octanol–water partition coefficient (Wildman–Crippen LogP) is 3.58. The molecule has 0 aliphatic heterocycles. The molecule has 0 radical (unpaired) electrons. The number of rotatable bonds is 4. The van der Waals surface area contributed by atoms with Crippen LogP contribution >= 0.6 is 22.6 Å². The van der Waals surface area contributed by atoms with Crippen molar-refractivity contribution in [2.24, 2.45) is 0 Å². The molecule has 0 saturated carbocycles. The zero-order chi connectivity index (χ0) is 13.7. The van der Waals surface area contributed by atoms with Crippen LogP contribution in [0.2, 0.25) is 0 Å². The molecule has 0 saturated heterocycles. The molecule has 4 heteroatoms. The molecule has 2 aromatic carbocycles. The normalized spacial score (nSPS) is 11.7. The third kappa shape index (κ3) is 3.70. The molecule has 0 aliphatic carbocycles. The Bertz CT molecular complexity index is 554. The molecule has 0 N–H and O–H groups in total. The van der Waals surface area contributed by atoms with Crippen LogP contribution in [0.1, 0.15) is 11.7 Å². The van der Waals surface area contributed by atoms with Gasteiger partial charge in [-0.1, -0.05) is 36.4 Å². The van der Waals surface area contributed by atoms with Crippen LogP contribution in [0.15, 0.2) is 54.6 Å². The van der Waals surface area contributed by atoms with E-state index < -0.39 is 12.1 Å². The van der Waals surface area contributed by atoms with Crippen molar-refractivity contribution in [3.05, 3.63) is 63.7 Å². The average Bonchev–Trinajstić information content (AvgIpc) is 2.45. The lowest BCUT2D eigenvalue weighted by Gasteiger charge is -2.17. The Morgan fingerprint density at radius 2 is 1.84 bits per heavy atom. The fourth-order valence-corrected chi connectivity index (χ4v) is 2.18. The molecule has 1 unspecified atom stereocenters. The fraction of sp³-hybridized carbons (Fsp3) is 0.133. The smallest absolute Gasteiger partial charge is 0.351 e. The maximum absolute atomic E-state index is 11.9. The van der Waals surface area contributed by atoms with E-state index in [-0.39, 0.29) is 0 Å². The summed E-state index contributed by atoms with van der Waals surface area (Å²) >= 11 is 2.20. The maximum Gasteiger partial charge on any atom is 0.351 e. The van der Waals surface area contributed by atoms with Gasteiger partial charge in [0.2, 0.25) is 6.10 Å². The van der Waals surface area contributed by atoms with E-state index in [0.717, 1.165) is 9.13 Å². The van der Waals surface area contributed by atoms with Crippen LogP contribution < -0.4 is 4.74 Å². The molecule has 0 spiro atoms. The Balaban J connectivity index is 2.27. The number of hydrogen-bond acceptors (Lipinski definition) is 3. The zero-order valence-electron chi connectivity index (χ0n) is 10.4. The summed E-state index contributed by atoms with van der Waals surface area (Å²) in [6.45, 7) is 0. The molecule has 3 nitrogen and oxygen atoms in total. The number of esters is 1. The summed E-state index contributed by atoms with van der Waals surface area (Å²) in [6.07, 6.45) is -0.746. The third-order valence-electron chi connectivity index (χ3n) is 2.57. The van der Waals surface area contributed by atoms with Gasteiger partial charge in [0, 0.05) is 9.13 Å². The van der Waals surface area contributed by atoms with Crippen molar-refractivity contribution < 1.29 is 14.3 Å². The van der Waals surface area contributed by atoms with Crippen molar-refractivity contribution in [1.29, 1.82) is 0 Å². The van der Waals surface area contributed by atoms with Gasteiger partial charge in [0.25, 0.3) is 0 Å². The van der Waals surface area contributed by atoms with Crippen LogP contribution in [0.25, 0.3) is 0 Å². The molecule has 98 valence electrons. The van der Waals surface area contributed by atoms with Gasteiger partial charge in [-0.15, -0.1) is 0 Å². The van der Waals surface area contributed by atoms with Crippen LogP contribution in [0, 0.1) is 3.57 Å². The first-order valence-corrected chi connectivity index (χ1v) is 6.83. The summed E-state index contributed by atoms with van der Waals surface area (Å²) in [6, 6.07) is 16.8. The molecule has 1 atom stereocenters. The second kappa shape index (κ2) is 6.56. The van der Waals surface area contributed by atoms with E-state index in [4.69, 9.17) is 9.47 Å². The second-order valence-corrected chi connectivity index (χ2v) is 5.13. The Hall–Kier alpha value is -1.56. The molecule has 0 amide bonds. The molecule has 2 rings (SSSR count). The molecule has 19 heavy (non-hydrogen) atoms. The SMILES string of the molecule is COC(=O)C(Oc1cccc(I)c1)c1ccccc1. The summed E-state index contributed by atoms with van der Waals surface area (Å²) in [5.41, 5.74) is 0.771. The molecule has 0 heterocycles. The quantitative estimate of drug-likeness (QED) is 0.611. The van der Waals surface area contributed by atoms with Gasteiger partial charge in [-0.3, -0.25) is 0 Å². The van der Waals surface area contributed by atoms with Crippen LogP contribution in [0.4, 0.5) is 0 Å². The number of hydrogen-bond donors (Lipinski definition) is 0. The summed E-state index contributed by atoms with van der Waals surface area (Å²) < 4.78 is 11.6. The number of methoxy groups -OCH3 is 1. The lowest BCUT2D eigenvalue weighted by molar-refractivity contribution is -0.149. The molecular formula is C15H13IO3. The predicted molar refractivity (Wildman–Crippen MR) is 81.0 cm³/mol. The standard InChI is InChI=1S/C15H13IO3/c1-18-15(17)14(11-6-3-2-4-7-11)19-13-9-5-8-12(16)10-13/h2-10,14H,1H3. The minimum atomic E-state index is -0.746. The van der Waals surface area contributed by atoms with Crippen molar-refractivity contribution in [2.75, 3.05) is 7.11 Å². The Kier molecular flexibility index (Phi) is 4.79. The highest BCUT2D eigenvalue weighted by atomic mass is 127. The van der Waals surface area contributed by atoms with Crippen LogP contribution in [-0.4, -0.2) is 13.1 Å². The van der Waals surface area contributed by atoms with Crippen molar-refractivity contribution in [3.63, 3.8) is 0 Å². The Morgan fingerprint density at radius 3 is 2.47 bits per heavy atom. The molecule has 0 fully saturated rings. The van der Waals surface area contributed by atoms with Crippen molar-refractivity contribution in [3.8, 4) is 5.75 Å². The van der Waals surface area contributed by atoms with Gasteiger partial charge < -0.3 is 9.47 Å². The van der Waals surface area contributed by atoms with Crippen molar-refractivity contribution in [2.45, 2.75) is 6.10 Å². The van der Waals surface area contributed by atoms with Gasteiger partial charge in [-0.05, 0) is 40.8 Å². The van der Waals surface area contributed by atoms with Gasteiger partial charge in [0.05, 0.1) is 7.11 Å². The van der Waals surface area contributed by atoms with Crippen LogP contribution in [0.5, 0.6) is 5.75 Å². The molecule has 0 bridgehead atoms. The molecular weight excluding hydrogens is 355 g/mol. The van der Waals surface area contributed by atoms with E-state index in [0.29, 0.717) is 5.75 Å². The van der Waals surface area contributed by atoms with E-state index in [9.17, 15) is 4.79 Å². The summed E-state index contributed by atoms with van der Waals surface area (Å²) in [7, 11) is 1.36. The Morgan fingerprint density at radius 1 is 1.11 bits per heavy atom. The van der Waals surface area contributed by atoms with Gasteiger partial charge in [0.1, 0.15) is 5.75 Å². The van der Waals surface area contributed by atoms with Gasteiger partial charge in [-0.2, -0.15) is 0 Å². The largest absolute Gasteiger partial charge is 0.474 e. The van der Waals surface area contributed by atoms with E-state index in [1.54, 1.807) is 0 Å². The number of carbonyl (C=O) groups is 1. The van der Waals surface area contributed by atoms with Crippen LogP contribution in [-0.2, 0) is 9.53 Å². The second-order valence-electron chi connectivity index (χ2n) is 3.89. The van der Waals surface area contributed by atoms with Gasteiger partial charge in [-0.25, -0.2) is 4.79 Å². The first-order valence-electron chi connectivity index (χ1n) is 5.75. The zero-order valence-corrected chi connectivity index (χ0v) is 12.5. The highest BCUT2D eigenvalue weighted by Gasteiger charge is 2.23. The summed E-state index contributed by atoms with van der Waals surface area (Å²) in [4.78, 5) is 11.9. The third-order valence-corrected chi connectivity index (χ3v) is 3.24. The first-order chi connectivity index (χ1) is 9.20. The molecule has 2 aromatic rings. The van der Waals surface area contributed by atoms with Gasteiger partial charge in [0.15, 0.2) is 0 Å². The van der Waals surface area contributed by atoms with Gasteiger partial charge >= 0.3 is 5.97 Å². The van der Waals surface area contributed by atoms with Crippen LogP contribution in [0.3, 0.4) is 0 Å². The van der Waals surface area contributed by atoms with E-state index in [1.807, 2.05) is 54.6 Å². The topological polar surface area (TPSA) is 35.5 Å². The molecule has 0 aliphatic rings. The first kappa shape index (κ1) is 13.9. The summed E-state index contributed by atoms with van der Waals surface area (Å²) in [5, 5.41) is 0. The Labute approximate surface area is 125 Å². The summed E-state index contributed by atoms with van der Waals surface area (Å²) in [5.74, 6) is 0.233. The fourth-order valence-electron chi connectivity index (χ4n) is 1.66. The number of benzene rings is 2. The minimum absolute atomic E-state index is 0.412. The van der Waals surface area contributed by atoms with E-state index in [1.165, 1.54) is 7.11 Å². The lowest BCUT2D eigenvalue weighted by atomic mass is 10.1. The van der Waals surface area contributed by atoms with E-state index in [2.05, 4.69) is 22.6 Å². The van der Waals surface area contributed by atoms with E-state index >= 15 is 0 Å². The minimum Gasteiger partial charge on any atom is -0.474 e. The lowest BCUT2D eigenvalue weighted by Crippen LogP contribution is -2.20. The number of carbonyl (C=O) groups excluding carboxylic acids is 1. The number of halogens is 1. The molecule has 0 aromatic heterocycles. The monoisotopic (exact) mass is 368 g/mol. The van der Waals surface area contributed by atoms with Crippen molar-refractivity contribution >= 4 is 28.6 Å². The highest BCUT2D eigenvalue weighted by Crippen LogP contribution is 2.24. The highest BCUT2D eigenvalue weighted by molar-refractivity contribution is 14.1. The number of ether oxygens (including phenoxy) is 2.